The summed E-state index contributed by atoms with van der Waals surface area (Å²) in [7, 11) is 4.29. The van der Waals surface area contributed by atoms with Crippen LogP contribution in [0.1, 0.15) is 59.4 Å². The predicted octanol–water partition coefficient (Wildman–Crippen LogP) is 6.75. The number of rotatable bonds is 4. The van der Waals surface area contributed by atoms with Crippen LogP contribution in [0.3, 0.4) is 0 Å². The summed E-state index contributed by atoms with van der Waals surface area (Å²) in [6.45, 7) is 12.6. The molecule has 2 aromatic carbocycles. The molecular formula is C25H37N2+. The number of benzene rings is 2. The summed E-state index contributed by atoms with van der Waals surface area (Å²) < 4.78 is 4.54. The number of hydrogen-bond donors (Lipinski definition) is 0. The van der Waals surface area contributed by atoms with E-state index in [-0.39, 0.29) is 0 Å². The topological polar surface area (TPSA) is 8.81 Å². The van der Waals surface area contributed by atoms with E-state index >= 15 is 0 Å². The van der Waals surface area contributed by atoms with Crippen LogP contribution < -0.4 is 4.57 Å². The van der Waals surface area contributed by atoms with E-state index in [0.717, 1.165) is 6.42 Å². The third kappa shape index (κ3) is 5.09. The molecule has 0 bridgehead atoms. The van der Waals surface area contributed by atoms with Crippen LogP contribution in [-0.4, -0.2) is 4.57 Å². The Morgan fingerprint density at radius 3 is 2.04 bits per heavy atom. The molecule has 0 saturated heterocycles. The summed E-state index contributed by atoms with van der Waals surface area (Å²) in [5.74, 6) is 1.81. The van der Waals surface area contributed by atoms with Crippen LogP contribution in [0.25, 0.3) is 22.6 Å². The molecule has 27 heavy (non-hydrogen) atoms. The zero-order valence-electron chi connectivity index (χ0n) is 18.5. The third-order valence-corrected chi connectivity index (χ3v) is 4.74. The molecular weight excluding hydrogens is 328 g/mol. The maximum Gasteiger partial charge on any atom is 0.289 e. The van der Waals surface area contributed by atoms with Crippen LogP contribution in [0.2, 0.25) is 0 Å². The average molecular weight is 366 g/mol. The van der Waals surface area contributed by atoms with Gasteiger partial charge in [0.2, 0.25) is 0 Å². The van der Waals surface area contributed by atoms with Gasteiger partial charge in [0.25, 0.3) is 5.82 Å². The van der Waals surface area contributed by atoms with Gasteiger partial charge in [-0.05, 0) is 24.0 Å². The Kier molecular flexibility index (Phi) is 9.56. The fraction of sp³-hybridized carbons (Fsp3) is 0.400. The van der Waals surface area contributed by atoms with Gasteiger partial charge < -0.3 is 0 Å². The van der Waals surface area contributed by atoms with Gasteiger partial charge in [0.15, 0.2) is 5.69 Å². The van der Waals surface area contributed by atoms with Gasteiger partial charge in [-0.25, -0.2) is 9.13 Å². The Morgan fingerprint density at radius 2 is 1.44 bits per heavy atom. The van der Waals surface area contributed by atoms with Crippen LogP contribution in [-0.2, 0) is 14.1 Å². The normalized spacial score (nSPS) is 11.0. The molecule has 0 spiro atoms. The molecule has 0 aliphatic carbocycles. The molecule has 146 valence electrons. The molecule has 1 atom stereocenters. The van der Waals surface area contributed by atoms with Crippen molar-refractivity contribution in [2.45, 2.75) is 53.9 Å². The lowest BCUT2D eigenvalue weighted by Gasteiger charge is -2.13. The lowest BCUT2D eigenvalue weighted by molar-refractivity contribution is -0.659. The van der Waals surface area contributed by atoms with Crippen LogP contribution in [0, 0.1) is 0 Å². The van der Waals surface area contributed by atoms with Crippen molar-refractivity contribution in [1.82, 2.24) is 4.57 Å². The van der Waals surface area contributed by atoms with Crippen molar-refractivity contribution in [3.8, 4) is 22.6 Å². The highest BCUT2D eigenvalue weighted by Gasteiger charge is 2.24. The summed E-state index contributed by atoms with van der Waals surface area (Å²) >= 11 is 0. The second-order valence-corrected chi connectivity index (χ2v) is 6.27. The average Bonchev–Trinajstić information content (AvgIpc) is 3.05. The van der Waals surface area contributed by atoms with E-state index < -0.39 is 0 Å². The van der Waals surface area contributed by atoms with Crippen molar-refractivity contribution < 1.29 is 4.57 Å². The van der Waals surface area contributed by atoms with Gasteiger partial charge in [-0.1, -0.05) is 90.1 Å². The van der Waals surface area contributed by atoms with Crippen LogP contribution in [0.4, 0.5) is 0 Å². The van der Waals surface area contributed by atoms with Gasteiger partial charge in [-0.2, -0.15) is 0 Å². The molecule has 3 rings (SSSR count). The Balaban J connectivity index is 0.000000855. The number of aryl methyl sites for hydroxylation is 1. The lowest BCUT2D eigenvalue weighted by Crippen LogP contribution is -2.29. The van der Waals surface area contributed by atoms with Gasteiger partial charge in [0.05, 0.1) is 19.7 Å². The van der Waals surface area contributed by atoms with Crippen molar-refractivity contribution in [3.63, 3.8) is 0 Å². The highest BCUT2D eigenvalue weighted by atomic mass is 15.1. The molecule has 0 saturated carbocycles. The van der Waals surface area contributed by atoms with E-state index in [4.69, 9.17) is 0 Å². The highest BCUT2D eigenvalue weighted by Crippen LogP contribution is 2.31. The zero-order chi connectivity index (χ0) is 20.4. The van der Waals surface area contributed by atoms with Gasteiger partial charge in [0, 0.05) is 5.56 Å². The Labute approximate surface area is 166 Å². The molecule has 1 heterocycles. The number of hydrogen-bond acceptors (Lipinski definition) is 0. The molecule has 0 radical (unpaired) electrons. The maximum absolute atomic E-state index is 2.31. The molecule has 1 unspecified atom stereocenters. The van der Waals surface area contributed by atoms with Crippen LogP contribution >= 0.6 is 0 Å². The summed E-state index contributed by atoms with van der Waals surface area (Å²) in [6.07, 6.45) is 3.37. The van der Waals surface area contributed by atoms with Crippen molar-refractivity contribution >= 4 is 0 Å². The summed E-state index contributed by atoms with van der Waals surface area (Å²) in [5, 5.41) is 0. The Hall–Kier alpha value is -2.35. The molecule has 2 heteroatoms. The smallest absolute Gasteiger partial charge is 0.232 e. The summed E-state index contributed by atoms with van der Waals surface area (Å²) in [6, 6.07) is 19.4. The molecule has 0 amide bonds. The first kappa shape index (κ1) is 22.7. The van der Waals surface area contributed by atoms with Crippen LogP contribution in [0.5, 0.6) is 0 Å². The van der Waals surface area contributed by atoms with Crippen molar-refractivity contribution in [1.29, 1.82) is 0 Å². The van der Waals surface area contributed by atoms with E-state index in [1.165, 1.54) is 28.2 Å². The number of aromatic nitrogens is 2. The third-order valence-electron chi connectivity index (χ3n) is 4.74. The standard InChI is InChI=1S/C21H25N2.2C2H6/c1-5-16(2)18-13-9-10-14-19(18)21-22(3)15-20(23(21)4)17-11-7-6-8-12-17;2*1-2/h6-16H,5H2,1-4H3;2*1-2H3/q+1;;. The van der Waals surface area contributed by atoms with Crippen molar-refractivity contribution in [2.75, 3.05) is 0 Å². The van der Waals surface area contributed by atoms with E-state index in [1.54, 1.807) is 0 Å². The second kappa shape index (κ2) is 11.4. The van der Waals surface area contributed by atoms with E-state index in [2.05, 4.69) is 97.9 Å². The monoisotopic (exact) mass is 365 g/mol. The second-order valence-electron chi connectivity index (χ2n) is 6.27. The first-order chi connectivity index (χ1) is 13.1. The van der Waals surface area contributed by atoms with Gasteiger partial charge in [0.1, 0.15) is 6.20 Å². The molecule has 2 nitrogen and oxygen atoms in total. The quantitative estimate of drug-likeness (QED) is 0.452. The van der Waals surface area contributed by atoms with E-state index in [1.807, 2.05) is 27.7 Å². The van der Waals surface area contributed by atoms with Crippen molar-refractivity contribution in [2.24, 2.45) is 14.1 Å². The minimum absolute atomic E-state index is 0.557. The fourth-order valence-electron chi connectivity index (χ4n) is 3.28. The van der Waals surface area contributed by atoms with E-state index in [0.29, 0.717) is 5.92 Å². The van der Waals surface area contributed by atoms with E-state index in [9.17, 15) is 0 Å². The lowest BCUT2D eigenvalue weighted by atomic mass is 9.93. The Bertz CT molecular complexity index is 800. The van der Waals surface area contributed by atoms with Gasteiger partial charge in [-0.15, -0.1) is 0 Å². The Morgan fingerprint density at radius 1 is 0.889 bits per heavy atom. The minimum atomic E-state index is 0.557. The van der Waals surface area contributed by atoms with Gasteiger partial charge >= 0.3 is 0 Å². The number of imidazole rings is 1. The predicted molar refractivity (Wildman–Crippen MR) is 119 cm³/mol. The first-order valence-corrected chi connectivity index (χ1v) is 10.3. The minimum Gasteiger partial charge on any atom is -0.232 e. The molecule has 1 aromatic heterocycles. The summed E-state index contributed by atoms with van der Waals surface area (Å²) in [5.41, 5.74) is 5.24. The van der Waals surface area contributed by atoms with Crippen LogP contribution in [0.15, 0.2) is 60.8 Å². The molecule has 3 aromatic rings. The maximum atomic E-state index is 2.31. The first-order valence-electron chi connectivity index (χ1n) is 10.3. The number of nitrogens with zero attached hydrogens (tertiary/aromatic N) is 2. The molecule has 0 fully saturated rings. The largest absolute Gasteiger partial charge is 0.289 e. The van der Waals surface area contributed by atoms with Crippen molar-refractivity contribution in [3.05, 3.63) is 66.4 Å². The fourth-order valence-corrected chi connectivity index (χ4v) is 3.28. The van der Waals surface area contributed by atoms with Gasteiger partial charge in [-0.3, -0.25) is 0 Å². The molecule has 0 aliphatic heterocycles. The highest BCUT2D eigenvalue weighted by molar-refractivity contribution is 5.65. The summed E-state index contributed by atoms with van der Waals surface area (Å²) in [4.78, 5) is 0. The SMILES string of the molecule is CC.CC.CCC(C)c1ccccc1-c1n(C)c(-c2ccccc2)c[n+]1C. The molecule has 0 aliphatic rings. The molecule has 0 N–H and O–H groups in total. The zero-order valence-corrected chi connectivity index (χ0v) is 18.5.